The van der Waals surface area contributed by atoms with E-state index in [4.69, 9.17) is 15.6 Å². The Labute approximate surface area is 106 Å². The maximum Gasteiger partial charge on any atom is 0.335 e. The zero-order chi connectivity index (χ0) is 13.3. The summed E-state index contributed by atoms with van der Waals surface area (Å²) in [5.74, 6) is -0.944. The molecule has 0 aliphatic carbocycles. The maximum absolute atomic E-state index is 11.0. The van der Waals surface area contributed by atoms with Gasteiger partial charge in [-0.2, -0.15) is 0 Å². The standard InChI is InChI=1S/C13H18N2O3/c1-8-11(5-6-18-8)15(2)12-7-9(13(16)17)3-4-10(12)14/h3-4,7-8,11H,5-6,14H2,1-2H3,(H,16,17). The van der Waals surface area contributed by atoms with Gasteiger partial charge in [-0.15, -0.1) is 0 Å². The Morgan fingerprint density at radius 3 is 2.83 bits per heavy atom. The van der Waals surface area contributed by atoms with Crippen LogP contribution in [0.3, 0.4) is 0 Å². The maximum atomic E-state index is 11.0. The average molecular weight is 250 g/mol. The molecular weight excluding hydrogens is 232 g/mol. The fourth-order valence-electron chi connectivity index (χ4n) is 2.39. The van der Waals surface area contributed by atoms with E-state index >= 15 is 0 Å². The van der Waals surface area contributed by atoms with E-state index in [2.05, 4.69) is 0 Å². The van der Waals surface area contributed by atoms with Crippen LogP contribution < -0.4 is 10.6 Å². The van der Waals surface area contributed by atoms with Gasteiger partial charge in [0.1, 0.15) is 0 Å². The summed E-state index contributed by atoms with van der Waals surface area (Å²) in [6.45, 7) is 2.75. The van der Waals surface area contributed by atoms with Crippen LogP contribution >= 0.6 is 0 Å². The van der Waals surface area contributed by atoms with Crippen molar-refractivity contribution in [2.45, 2.75) is 25.5 Å². The van der Waals surface area contributed by atoms with E-state index in [1.54, 1.807) is 12.1 Å². The van der Waals surface area contributed by atoms with E-state index in [9.17, 15) is 4.79 Å². The normalized spacial score (nSPS) is 23.0. The number of likely N-dealkylation sites (N-methyl/N-ethyl adjacent to an activating group) is 1. The minimum absolute atomic E-state index is 0.128. The van der Waals surface area contributed by atoms with Crippen LogP contribution in [0.4, 0.5) is 11.4 Å². The molecule has 98 valence electrons. The van der Waals surface area contributed by atoms with Gasteiger partial charge < -0.3 is 20.5 Å². The van der Waals surface area contributed by atoms with Crippen LogP contribution in [0.2, 0.25) is 0 Å². The first kappa shape index (κ1) is 12.7. The van der Waals surface area contributed by atoms with Gasteiger partial charge in [0.05, 0.1) is 29.1 Å². The van der Waals surface area contributed by atoms with Gasteiger partial charge in [-0.1, -0.05) is 0 Å². The van der Waals surface area contributed by atoms with Crippen LogP contribution in [-0.2, 0) is 4.74 Å². The number of hydrogen-bond donors (Lipinski definition) is 2. The van der Waals surface area contributed by atoms with Crippen molar-refractivity contribution >= 4 is 17.3 Å². The van der Waals surface area contributed by atoms with Crippen molar-refractivity contribution in [1.82, 2.24) is 0 Å². The molecule has 1 fully saturated rings. The molecule has 0 bridgehead atoms. The summed E-state index contributed by atoms with van der Waals surface area (Å²) in [5.41, 5.74) is 7.51. The van der Waals surface area contributed by atoms with Gasteiger partial charge in [0, 0.05) is 13.7 Å². The molecule has 5 nitrogen and oxygen atoms in total. The SMILES string of the molecule is CC1OCCC1N(C)c1cc(C(=O)O)ccc1N. The first-order valence-electron chi connectivity index (χ1n) is 5.98. The number of hydrogen-bond acceptors (Lipinski definition) is 4. The van der Waals surface area contributed by atoms with Gasteiger partial charge >= 0.3 is 5.97 Å². The summed E-state index contributed by atoms with van der Waals surface area (Å²) in [4.78, 5) is 13.0. The zero-order valence-corrected chi connectivity index (χ0v) is 10.6. The highest BCUT2D eigenvalue weighted by Crippen LogP contribution is 2.29. The lowest BCUT2D eigenvalue weighted by Gasteiger charge is -2.30. The summed E-state index contributed by atoms with van der Waals surface area (Å²) < 4.78 is 5.53. The Hall–Kier alpha value is -1.75. The molecule has 0 aromatic heterocycles. The molecule has 2 unspecified atom stereocenters. The Balaban J connectivity index is 2.31. The largest absolute Gasteiger partial charge is 0.478 e. The number of carbonyl (C=O) groups is 1. The second-order valence-electron chi connectivity index (χ2n) is 4.62. The van der Waals surface area contributed by atoms with Crippen molar-refractivity contribution in [3.8, 4) is 0 Å². The molecule has 18 heavy (non-hydrogen) atoms. The molecule has 0 spiro atoms. The van der Waals surface area contributed by atoms with Crippen molar-refractivity contribution in [2.24, 2.45) is 0 Å². The number of anilines is 2. The molecule has 1 aliphatic heterocycles. The lowest BCUT2D eigenvalue weighted by Crippen LogP contribution is -2.37. The lowest BCUT2D eigenvalue weighted by molar-refractivity contribution is 0.0697. The second-order valence-corrected chi connectivity index (χ2v) is 4.62. The Morgan fingerprint density at radius 2 is 2.28 bits per heavy atom. The Bertz CT molecular complexity index is 462. The second kappa shape index (κ2) is 4.86. The molecule has 0 amide bonds. The van der Waals surface area contributed by atoms with Crippen molar-refractivity contribution in [3.63, 3.8) is 0 Å². The van der Waals surface area contributed by atoms with Gasteiger partial charge in [-0.3, -0.25) is 0 Å². The third-order valence-corrected chi connectivity index (χ3v) is 3.49. The molecule has 3 N–H and O–H groups in total. The number of carboxylic acids is 1. The first-order valence-corrected chi connectivity index (χ1v) is 5.98. The lowest BCUT2D eigenvalue weighted by atomic mass is 10.1. The van der Waals surface area contributed by atoms with Crippen LogP contribution in [-0.4, -0.2) is 36.9 Å². The van der Waals surface area contributed by atoms with Crippen molar-refractivity contribution in [2.75, 3.05) is 24.3 Å². The molecular formula is C13H18N2O3. The van der Waals surface area contributed by atoms with Crippen molar-refractivity contribution < 1.29 is 14.6 Å². The highest BCUT2D eigenvalue weighted by atomic mass is 16.5. The predicted molar refractivity (Wildman–Crippen MR) is 70.0 cm³/mol. The summed E-state index contributed by atoms with van der Waals surface area (Å²) in [7, 11) is 1.92. The molecule has 5 heteroatoms. The third-order valence-electron chi connectivity index (χ3n) is 3.49. The monoisotopic (exact) mass is 250 g/mol. The molecule has 0 saturated carbocycles. The Morgan fingerprint density at radius 1 is 1.56 bits per heavy atom. The number of rotatable bonds is 3. The van der Waals surface area contributed by atoms with Gasteiger partial charge in [-0.05, 0) is 31.5 Å². The highest BCUT2D eigenvalue weighted by Gasteiger charge is 2.29. The van der Waals surface area contributed by atoms with Gasteiger partial charge in [0.25, 0.3) is 0 Å². The first-order chi connectivity index (χ1) is 8.50. The number of nitrogens with zero attached hydrogens (tertiary/aromatic N) is 1. The molecule has 2 rings (SSSR count). The van der Waals surface area contributed by atoms with Crippen LogP contribution in [0.1, 0.15) is 23.7 Å². The molecule has 0 radical (unpaired) electrons. The van der Waals surface area contributed by atoms with Crippen LogP contribution in [0.25, 0.3) is 0 Å². The quantitative estimate of drug-likeness (QED) is 0.796. The van der Waals surface area contributed by atoms with Crippen LogP contribution in [0, 0.1) is 0 Å². The van der Waals surface area contributed by atoms with E-state index in [1.807, 2.05) is 18.9 Å². The zero-order valence-electron chi connectivity index (χ0n) is 10.6. The number of aromatic carboxylic acids is 1. The number of carboxylic acid groups (broad SMARTS) is 1. The minimum atomic E-state index is -0.944. The fraction of sp³-hybridized carbons (Fsp3) is 0.462. The summed E-state index contributed by atoms with van der Waals surface area (Å²) >= 11 is 0. The highest BCUT2D eigenvalue weighted by molar-refractivity contribution is 5.90. The summed E-state index contributed by atoms with van der Waals surface area (Å²) in [5, 5.41) is 9.02. The summed E-state index contributed by atoms with van der Waals surface area (Å²) in [6.07, 6.45) is 1.05. The Kier molecular flexibility index (Phi) is 3.43. The number of ether oxygens (including phenoxy) is 1. The fourth-order valence-corrected chi connectivity index (χ4v) is 2.39. The predicted octanol–water partition coefficient (Wildman–Crippen LogP) is 1.58. The molecule has 1 aromatic rings. The smallest absolute Gasteiger partial charge is 0.335 e. The van der Waals surface area contributed by atoms with Gasteiger partial charge in [0.2, 0.25) is 0 Å². The number of nitrogens with two attached hydrogens (primary N) is 1. The van der Waals surface area contributed by atoms with Crippen LogP contribution in [0.15, 0.2) is 18.2 Å². The average Bonchev–Trinajstić information content (AvgIpc) is 2.75. The minimum Gasteiger partial charge on any atom is -0.478 e. The van der Waals surface area contributed by atoms with Gasteiger partial charge in [0.15, 0.2) is 0 Å². The molecule has 1 aliphatic rings. The third kappa shape index (κ3) is 2.26. The molecule has 2 atom stereocenters. The number of nitrogen functional groups attached to an aromatic ring is 1. The van der Waals surface area contributed by atoms with E-state index < -0.39 is 5.97 Å². The van der Waals surface area contributed by atoms with E-state index in [0.29, 0.717) is 5.69 Å². The summed E-state index contributed by atoms with van der Waals surface area (Å²) in [6, 6.07) is 5.00. The van der Waals surface area contributed by atoms with Crippen molar-refractivity contribution in [1.29, 1.82) is 0 Å². The molecule has 1 saturated heterocycles. The van der Waals surface area contributed by atoms with Crippen LogP contribution in [0.5, 0.6) is 0 Å². The van der Waals surface area contributed by atoms with E-state index in [0.717, 1.165) is 18.7 Å². The van der Waals surface area contributed by atoms with E-state index in [1.165, 1.54) is 6.07 Å². The molecule has 1 aromatic carbocycles. The van der Waals surface area contributed by atoms with E-state index in [-0.39, 0.29) is 17.7 Å². The topological polar surface area (TPSA) is 75.8 Å². The van der Waals surface area contributed by atoms with Gasteiger partial charge in [-0.25, -0.2) is 4.79 Å². The van der Waals surface area contributed by atoms with Crippen molar-refractivity contribution in [3.05, 3.63) is 23.8 Å². The molecule has 1 heterocycles. The number of benzene rings is 1.